The molecule has 5 nitrogen and oxygen atoms in total. The second-order valence-electron chi connectivity index (χ2n) is 6.09. The molecule has 0 aromatic heterocycles. The van der Waals surface area contributed by atoms with Gasteiger partial charge in [0.15, 0.2) is 0 Å². The van der Waals surface area contributed by atoms with Crippen LogP contribution in [0, 0.1) is 10.1 Å². The lowest BCUT2D eigenvalue weighted by molar-refractivity contribution is -0.384. The molecule has 0 bridgehead atoms. The monoisotopic (exact) mass is 311 g/mol. The predicted molar refractivity (Wildman–Crippen MR) is 90.2 cm³/mol. The molecule has 1 atom stereocenters. The Morgan fingerprint density at radius 2 is 1.91 bits per heavy atom. The summed E-state index contributed by atoms with van der Waals surface area (Å²) in [4.78, 5) is 15.4. The van der Waals surface area contributed by atoms with Crippen LogP contribution in [0.5, 0.6) is 0 Å². The van der Waals surface area contributed by atoms with Gasteiger partial charge in [-0.3, -0.25) is 15.0 Å². The number of hydrogen-bond donors (Lipinski definition) is 0. The van der Waals surface area contributed by atoms with Gasteiger partial charge in [-0.1, -0.05) is 42.5 Å². The first-order chi connectivity index (χ1) is 11.1. The smallest absolute Gasteiger partial charge is 0.269 e. The van der Waals surface area contributed by atoms with Crippen molar-refractivity contribution in [3.8, 4) is 0 Å². The van der Waals surface area contributed by atoms with E-state index in [0.717, 1.165) is 31.7 Å². The molecule has 0 spiro atoms. The van der Waals surface area contributed by atoms with Crippen LogP contribution in [-0.4, -0.2) is 41.4 Å². The predicted octanol–water partition coefficient (Wildman–Crippen LogP) is 3.08. The number of non-ortho nitro benzene ring substituents is 1. The topological polar surface area (TPSA) is 49.6 Å². The molecular formula is C18H21N3O2. The Morgan fingerprint density at radius 1 is 1.13 bits per heavy atom. The van der Waals surface area contributed by atoms with Gasteiger partial charge in [-0.15, -0.1) is 0 Å². The van der Waals surface area contributed by atoms with Crippen molar-refractivity contribution in [1.29, 1.82) is 0 Å². The van der Waals surface area contributed by atoms with Crippen LogP contribution in [0.15, 0.2) is 54.6 Å². The first-order valence-electron chi connectivity index (χ1n) is 7.84. The van der Waals surface area contributed by atoms with Gasteiger partial charge in [-0.05, 0) is 18.2 Å². The maximum Gasteiger partial charge on any atom is 0.269 e. The third kappa shape index (κ3) is 3.75. The van der Waals surface area contributed by atoms with Crippen molar-refractivity contribution in [2.24, 2.45) is 0 Å². The number of nitrogens with zero attached hydrogens (tertiary/aromatic N) is 3. The van der Waals surface area contributed by atoms with E-state index in [-0.39, 0.29) is 10.6 Å². The summed E-state index contributed by atoms with van der Waals surface area (Å²) in [6.45, 7) is 3.67. The normalized spacial score (nSPS) is 19.6. The molecule has 1 saturated heterocycles. The van der Waals surface area contributed by atoms with Crippen LogP contribution >= 0.6 is 0 Å². The SMILES string of the molecule is CN1CCN(Cc2cccc([N+](=O)[O-])c2)[C@H](c2ccccc2)C1. The number of piperazine rings is 1. The van der Waals surface area contributed by atoms with Crippen molar-refractivity contribution in [2.45, 2.75) is 12.6 Å². The Labute approximate surface area is 136 Å². The summed E-state index contributed by atoms with van der Waals surface area (Å²) in [7, 11) is 2.14. The Hall–Kier alpha value is -2.24. The van der Waals surface area contributed by atoms with Gasteiger partial charge in [0.25, 0.3) is 5.69 Å². The second-order valence-corrected chi connectivity index (χ2v) is 6.09. The molecule has 0 radical (unpaired) electrons. The lowest BCUT2D eigenvalue weighted by atomic mass is 10.0. The Morgan fingerprint density at radius 3 is 2.65 bits per heavy atom. The maximum absolute atomic E-state index is 11.0. The third-order valence-electron chi connectivity index (χ3n) is 4.39. The standard InChI is InChI=1S/C18H21N3O2/c1-19-10-11-20(18(14-19)16-7-3-2-4-8-16)13-15-6-5-9-17(12-15)21(22)23/h2-9,12,18H,10-11,13-14H2,1H3/t18-/m0/s1. The second kappa shape index (κ2) is 6.89. The minimum atomic E-state index is -0.331. The molecular weight excluding hydrogens is 290 g/mol. The largest absolute Gasteiger partial charge is 0.303 e. The molecule has 0 amide bonds. The highest BCUT2D eigenvalue weighted by atomic mass is 16.6. The molecule has 1 aliphatic rings. The molecule has 2 aromatic carbocycles. The zero-order valence-electron chi connectivity index (χ0n) is 13.3. The van der Waals surface area contributed by atoms with Gasteiger partial charge in [-0.2, -0.15) is 0 Å². The van der Waals surface area contributed by atoms with Crippen LogP contribution in [0.2, 0.25) is 0 Å². The highest BCUT2D eigenvalue weighted by Gasteiger charge is 2.26. The number of hydrogen-bond acceptors (Lipinski definition) is 4. The summed E-state index contributed by atoms with van der Waals surface area (Å²) in [6, 6.07) is 17.7. The Kier molecular flexibility index (Phi) is 4.69. The molecule has 5 heteroatoms. The van der Waals surface area contributed by atoms with Gasteiger partial charge in [0.2, 0.25) is 0 Å². The fourth-order valence-corrected chi connectivity index (χ4v) is 3.14. The van der Waals surface area contributed by atoms with E-state index < -0.39 is 0 Å². The lowest BCUT2D eigenvalue weighted by Crippen LogP contribution is -2.46. The first-order valence-corrected chi connectivity index (χ1v) is 7.84. The molecule has 2 aromatic rings. The van der Waals surface area contributed by atoms with Gasteiger partial charge in [-0.25, -0.2) is 0 Å². The van der Waals surface area contributed by atoms with Crippen molar-refractivity contribution in [1.82, 2.24) is 9.80 Å². The van der Waals surface area contributed by atoms with Gasteiger partial charge in [0.05, 0.1) is 4.92 Å². The zero-order chi connectivity index (χ0) is 16.2. The summed E-state index contributed by atoms with van der Waals surface area (Å²) < 4.78 is 0. The van der Waals surface area contributed by atoms with Crippen LogP contribution < -0.4 is 0 Å². The van der Waals surface area contributed by atoms with Crippen LogP contribution in [-0.2, 0) is 6.54 Å². The molecule has 0 aliphatic carbocycles. The van der Waals surface area contributed by atoms with E-state index in [4.69, 9.17) is 0 Å². The van der Waals surface area contributed by atoms with E-state index >= 15 is 0 Å². The van der Waals surface area contributed by atoms with Crippen molar-refractivity contribution in [3.05, 3.63) is 75.8 Å². The molecule has 0 unspecified atom stereocenters. The molecule has 0 saturated carbocycles. The van der Waals surface area contributed by atoms with Crippen LogP contribution in [0.1, 0.15) is 17.2 Å². The highest BCUT2D eigenvalue weighted by Crippen LogP contribution is 2.27. The fraction of sp³-hybridized carbons (Fsp3) is 0.333. The van der Waals surface area contributed by atoms with E-state index in [9.17, 15) is 10.1 Å². The Balaban J connectivity index is 1.82. The number of benzene rings is 2. The van der Waals surface area contributed by atoms with Gasteiger partial charge in [0, 0.05) is 44.4 Å². The minimum absolute atomic E-state index is 0.160. The van der Waals surface area contributed by atoms with E-state index in [1.165, 1.54) is 5.56 Å². The van der Waals surface area contributed by atoms with Crippen molar-refractivity contribution < 1.29 is 4.92 Å². The summed E-state index contributed by atoms with van der Waals surface area (Å²) >= 11 is 0. The van der Waals surface area contributed by atoms with Crippen LogP contribution in [0.25, 0.3) is 0 Å². The summed E-state index contributed by atoms with van der Waals surface area (Å²) in [5, 5.41) is 11.0. The fourth-order valence-electron chi connectivity index (χ4n) is 3.14. The number of rotatable bonds is 4. The molecule has 0 N–H and O–H groups in total. The molecule has 1 fully saturated rings. The van der Waals surface area contributed by atoms with E-state index in [2.05, 4.69) is 41.1 Å². The van der Waals surface area contributed by atoms with E-state index in [0.29, 0.717) is 6.04 Å². The van der Waals surface area contributed by atoms with Crippen LogP contribution in [0.4, 0.5) is 5.69 Å². The number of nitro benzene ring substituents is 1. The number of nitro groups is 1. The average Bonchev–Trinajstić information content (AvgIpc) is 2.57. The maximum atomic E-state index is 11.0. The highest BCUT2D eigenvalue weighted by molar-refractivity contribution is 5.34. The molecule has 120 valence electrons. The van der Waals surface area contributed by atoms with Crippen molar-refractivity contribution >= 4 is 5.69 Å². The summed E-state index contributed by atoms with van der Waals surface area (Å²) in [6.07, 6.45) is 0. The zero-order valence-corrected chi connectivity index (χ0v) is 13.3. The van der Waals surface area contributed by atoms with Crippen molar-refractivity contribution in [3.63, 3.8) is 0 Å². The van der Waals surface area contributed by atoms with E-state index in [1.54, 1.807) is 18.2 Å². The third-order valence-corrected chi connectivity index (χ3v) is 4.39. The molecule has 1 aliphatic heterocycles. The Bertz CT molecular complexity index is 675. The summed E-state index contributed by atoms with van der Waals surface area (Å²) in [5.41, 5.74) is 2.45. The average molecular weight is 311 g/mol. The quantitative estimate of drug-likeness (QED) is 0.643. The first kappa shape index (κ1) is 15.6. The lowest BCUT2D eigenvalue weighted by Gasteiger charge is -2.40. The number of likely N-dealkylation sites (N-methyl/N-ethyl adjacent to an activating group) is 1. The summed E-state index contributed by atoms with van der Waals surface area (Å²) in [5.74, 6) is 0. The van der Waals surface area contributed by atoms with Crippen LogP contribution in [0.3, 0.4) is 0 Å². The van der Waals surface area contributed by atoms with Gasteiger partial charge < -0.3 is 4.90 Å². The van der Waals surface area contributed by atoms with Gasteiger partial charge in [0.1, 0.15) is 0 Å². The van der Waals surface area contributed by atoms with E-state index in [1.807, 2.05) is 12.1 Å². The minimum Gasteiger partial charge on any atom is -0.303 e. The van der Waals surface area contributed by atoms with Gasteiger partial charge >= 0.3 is 0 Å². The molecule has 23 heavy (non-hydrogen) atoms. The molecule has 3 rings (SSSR count). The van der Waals surface area contributed by atoms with Crippen molar-refractivity contribution in [2.75, 3.05) is 26.7 Å². The molecule has 1 heterocycles.